The van der Waals surface area contributed by atoms with Gasteiger partial charge in [-0.25, -0.2) is 4.98 Å². The Morgan fingerprint density at radius 3 is 2.62 bits per heavy atom. The van der Waals surface area contributed by atoms with Crippen molar-refractivity contribution in [3.8, 4) is 0 Å². The lowest BCUT2D eigenvalue weighted by atomic mass is 10.5. The van der Waals surface area contributed by atoms with Gasteiger partial charge in [-0.15, -0.1) is 11.8 Å². The van der Waals surface area contributed by atoms with E-state index in [9.17, 15) is 0 Å². The molecule has 72 valence electrons. The van der Waals surface area contributed by atoms with E-state index in [-0.39, 0.29) is 0 Å². The Balaban J connectivity index is 2.88. The lowest BCUT2D eigenvalue weighted by molar-refractivity contribution is 1.08. The van der Waals surface area contributed by atoms with E-state index in [1.54, 1.807) is 17.8 Å². The minimum atomic E-state index is 0.310. The molecule has 0 fully saturated rings. The van der Waals surface area contributed by atoms with Crippen LogP contribution >= 0.6 is 46.6 Å². The molecular formula is C8H8Cl3NS. The first-order valence-electron chi connectivity index (χ1n) is 3.79. The van der Waals surface area contributed by atoms with Crippen LogP contribution in [0.1, 0.15) is 13.3 Å². The van der Waals surface area contributed by atoms with Gasteiger partial charge in [0, 0.05) is 0 Å². The second-order valence-electron chi connectivity index (χ2n) is 2.40. The SMILES string of the molecule is CCCSc1nc(Cl)c(Cl)cc1Cl. The number of hydrogen-bond acceptors (Lipinski definition) is 2. The number of aromatic nitrogens is 1. The van der Waals surface area contributed by atoms with E-state index in [1.165, 1.54) is 0 Å². The maximum Gasteiger partial charge on any atom is 0.149 e. The predicted molar refractivity (Wildman–Crippen MR) is 60.3 cm³/mol. The fourth-order valence-corrected chi connectivity index (χ4v) is 2.19. The van der Waals surface area contributed by atoms with E-state index >= 15 is 0 Å². The monoisotopic (exact) mass is 255 g/mol. The summed E-state index contributed by atoms with van der Waals surface area (Å²) in [6.45, 7) is 2.10. The Morgan fingerprint density at radius 1 is 1.31 bits per heavy atom. The lowest BCUT2D eigenvalue weighted by Gasteiger charge is -2.03. The van der Waals surface area contributed by atoms with Crippen molar-refractivity contribution >= 4 is 46.6 Å². The number of nitrogens with zero attached hydrogens (tertiary/aromatic N) is 1. The van der Waals surface area contributed by atoms with Crippen molar-refractivity contribution in [1.29, 1.82) is 0 Å². The second kappa shape index (κ2) is 5.30. The van der Waals surface area contributed by atoms with Gasteiger partial charge in [-0.3, -0.25) is 0 Å². The third-order valence-corrected chi connectivity index (χ3v) is 3.57. The Hall–Kier alpha value is 0.370. The van der Waals surface area contributed by atoms with Crippen molar-refractivity contribution < 1.29 is 0 Å². The number of rotatable bonds is 3. The normalized spacial score (nSPS) is 10.5. The van der Waals surface area contributed by atoms with Crippen molar-refractivity contribution in [2.45, 2.75) is 18.4 Å². The third-order valence-electron chi connectivity index (χ3n) is 1.30. The van der Waals surface area contributed by atoms with Gasteiger partial charge in [0.1, 0.15) is 10.2 Å². The van der Waals surface area contributed by atoms with E-state index < -0.39 is 0 Å². The van der Waals surface area contributed by atoms with Gasteiger partial charge >= 0.3 is 0 Å². The number of pyridine rings is 1. The summed E-state index contributed by atoms with van der Waals surface area (Å²) in [5, 5.41) is 2.02. The quantitative estimate of drug-likeness (QED) is 0.581. The highest BCUT2D eigenvalue weighted by Crippen LogP contribution is 2.31. The molecule has 1 aromatic rings. The van der Waals surface area contributed by atoms with Crippen molar-refractivity contribution in [3.05, 3.63) is 21.3 Å². The van der Waals surface area contributed by atoms with E-state index in [0.717, 1.165) is 17.2 Å². The Labute approximate surface area is 96.8 Å². The zero-order chi connectivity index (χ0) is 9.84. The topological polar surface area (TPSA) is 12.9 Å². The van der Waals surface area contributed by atoms with Crippen molar-refractivity contribution in [2.24, 2.45) is 0 Å². The number of halogens is 3. The Bertz CT molecular complexity index is 304. The van der Waals surface area contributed by atoms with Crippen LogP contribution in [0.15, 0.2) is 11.1 Å². The fraction of sp³-hybridized carbons (Fsp3) is 0.375. The molecule has 5 heteroatoms. The molecule has 0 saturated heterocycles. The zero-order valence-electron chi connectivity index (χ0n) is 6.98. The average Bonchev–Trinajstić information content (AvgIpc) is 2.09. The fourth-order valence-electron chi connectivity index (χ4n) is 0.728. The smallest absolute Gasteiger partial charge is 0.149 e. The average molecular weight is 257 g/mol. The maximum absolute atomic E-state index is 5.91. The molecule has 0 radical (unpaired) electrons. The highest BCUT2D eigenvalue weighted by molar-refractivity contribution is 7.99. The molecule has 13 heavy (non-hydrogen) atoms. The van der Waals surface area contributed by atoms with Crippen LogP contribution in [0.4, 0.5) is 0 Å². The molecule has 0 aliphatic carbocycles. The maximum atomic E-state index is 5.91. The van der Waals surface area contributed by atoms with Crippen LogP contribution in [0.2, 0.25) is 15.2 Å². The molecule has 0 N–H and O–H groups in total. The van der Waals surface area contributed by atoms with Crippen LogP contribution in [-0.2, 0) is 0 Å². The minimum absolute atomic E-state index is 0.310. The predicted octanol–water partition coefficient (Wildman–Crippen LogP) is 4.54. The summed E-state index contributed by atoms with van der Waals surface area (Å²) in [5.41, 5.74) is 0. The molecule has 0 saturated carbocycles. The van der Waals surface area contributed by atoms with Crippen LogP contribution in [0.25, 0.3) is 0 Å². The van der Waals surface area contributed by atoms with Gasteiger partial charge < -0.3 is 0 Å². The van der Waals surface area contributed by atoms with Gasteiger partial charge in [0.25, 0.3) is 0 Å². The summed E-state index contributed by atoms with van der Waals surface area (Å²) in [7, 11) is 0. The first kappa shape index (κ1) is 11.4. The van der Waals surface area contributed by atoms with Gasteiger partial charge in [-0.2, -0.15) is 0 Å². The van der Waals surface area contributed by atoms with Crippen LogP contribution < -0.4 is 0 Å². The molecule has 0 aliphatic rings. The molecule has 0 spiro atoms. The Kier molecular flexibility index (Phi) is 4.67. The molecule has 0 unspecified atom stereocenters. The standard InChI is InChI=1S/C8H8Cl3NS/c1-2-3-13-8-6(10)4-5(9)7(11)12-8/h4H,2-3H2,1H3. The molecule has 0 bridgehead atoms. The molecule has 0 atom stereocenters. The number of hydrogen-bond donors (Lipinski definition) is 0. The second-order valence-corrected chi connectivity index (χ2v) is 4.65. The molecule has 0 amide bonds. The number of thioether (sulfide) groups is 1. The van der Waals surface area contributed by atoms with Gasteiger partial charge in [0.2, 0.25) is 0 Å². The summed E-state index contributed by atoms with van der Waals surface area (Å²) in [6.07, 6.45) is 1.07. The summed E-state index contributed by atoms with van der Waals surface area (Å²) in [4.78, 5) is 4.07. The van der Waals surface area contributed by atoms with Crippen molar-refractivity contribution in [2.75, 3.05) is 5.75 Å². The largest absolute Gasteiger partial charge is 0.227 e. The van der Waals surface area contributed by atoms with Crippen LogP contribution in [0.3, 0.4) is 0 Å². The van der Waals surface area contributed by atoms with E-state index in [1.807, 2.05) is 0 Å². The highest BCUT2D eigenvalue weighted by Gasteiger charge is 2.07. The first-order valence-corrected chi connectivity index (χ1v) is 5.91. The highest BCUT2D eigenvalue weighted by atomic mass is 35.5. The Morgan fingerprint density at radius 2 is 2.00 bits per heavy atom. The third kappa shape index (κ3) is 3.21. The summed E-state index contributed by atoms with van der Waals surface area (Å²) >= 11 is 19.0. The van der Waals surface area contributed by atoms with Crippen molar-refractivity contribution in [1.82, 2.24) is 4.98 Å². The van der Waals surface area contributed by atoms with E-state index in [0.29, 0.717) is 15.2 Å². The first-order chi connectivity index (χ1) is 6.15. The van der Waals surface area contributed by atoms with Gasteiger partial charge in [0.05, 0.1) is 10.0 Å². The van der Waals surface area contributed by atoms with E-state index in [4.69, 9.17) is 34.8 Å². The van der Waals surface area contributed by atoms with Crippen molar-refractivity contribution in [3.63, 3.8) is 0 Å². The van der Waals surface area contributed by atoms with E-state index in [2.05, 4.69) is 11.9 Å². The molecule has 0 aliphatic heterocycles. The summed E-state index contributed by atoms with van der Waals surface area (Å²) in [6, 6.07) is 1.62. The molecule has 1 heterocycles. The van der Waals surface area contributed by atoms with Gasteiger partial charge in [-0.05, 0) is 18.2 Å². The zero-order valence-corrected chi connectivity index (χ0v) is 10.1. The molecule has 0 aromatic carbocycles. The molecule has 1 rings (SSSR count). The summed E-state index contributed by atoms with van der Waals surface area (Å²) in [5.74, 6) is 0.977. The van der Waals surface area contributed by atoms with Gasteiger partial charge in [-0.1, -0.05) is 41.7 Å². The van der Waals surface area contributed by atoms with Crippen LogP contribution in [0.5, 0.6) is 0 Å². The molecule has 1 aromatic heterocycles. The minimum Gasteiger partial charge on any atom is -0.227 e. The van der Waals surface area contributed by atoms with Gasteiger partial charge in [0.15, 0.2) is 0 Å². The van der Waals surface area contributed by atoms with Crippen LogP contribution in [-0.4, -0.2) is 10.7 Å². The molecular weight excluding hydrogens is 249 g/mol. The summed E-state index contributed by atoms with van der Waals surface area (Å²) < 4.78 is 0. The lowest BCUT2D eigenvalue weighted by Crippen LogP contribution is -1.85. The molecule has 1 nitrogen and oxygen atoms in total. The van der Waals surface area contributed by atoms with Crippen LogP contribution in [0, 0.1) is 0 Å².